The molecule has 1 unspecified atom stereocenters. The molecule has 0 aliphatic heterocycles. The standard InChI is InChI=1S/C15H22O2/c1-11(2)13-5-3-4-6-15(13)17-10-9-14(16)12-7-8-12/h3-6,11-12,14,16H,7-10H2,1-2H3. The molecular weight excluding hydrogens is 212 g/mol. The van der Waals surface area contributed by atoms with Gasteiger partial charge in [0.1, 0.15) is 5.75 Å². The third kappa shape index (κ3) is 3.47. The Morgan fingerprint density at radius 1 is 1.29 bits per heavy atom. The van der Waals surface area contributed by atoms with Gasteiger partial charge in [-0.15, -0.1) is 0 Å². The fraction of sp³-hybridized carbons (Fsp3) is 0.600. The Labute approximate surface area is 104 Å². The topological polar surface area (TPSA) is 29.5 Å². The summed E-state index contributed by atoms with van der Waals surface area (Å²) < 4.78 is 5.79. The van der Waals surface area contributed by atoms with Gasteiger partial charge in [0.15, 0.2) is 0 Å². The molecule has 1 aliphatic carbocycles. The lowest BCUT2D eigenvalue weighted by atomic mass is 10.0. The highest BCUT2D eigenvalue weighted by Gasteiger charge is 2.29. The lowest BCUT2D eigenvalue weighted by Crippen LogP contribution is -2.14. The molecule has 0 aromatic heterocycles. The summed E-state index contributed by atoms with van der Waals surface area (Å²) in [5, 5.41) is 9.77. The van der Waals surface area contributed by atoms with Crippen molar-refractivity contribution < 1.29 is 9.84 Å². The second-order valence-electron chi connectivity index (χ2n) is 5.23. The van der Waals surface area contributed by atoms with E-state index in [0.717, 1.165) is 12.2 Å². The van der Waals surface area contributed by atoms with Crippen LogP contribution in [0.15, 0.2) is 24.3 Å². The molecule has 0 bridgehead atoms. The van der Waals surface area contributed by atoms with E-state index in [-0.39, 0.29) is 6.10 Å². The molecule has 1 fully saturated rings. The molecule has 1 aliphatic rings. The quantitative estimate of drug-likeness (QED) is 0.818. The Hall–Kier alpha value is -1.02. The smallest absolute Gasteiger partial charge is 0.122 e. The number of rotatable bonds is 6. The normalized spacial score (nSPS) is 17.2. The lowest BCUT2D eigenvalue weighted by Gasteiger charge is -2.15. The first kappa shape index (κ1) is 12.4. The molecule has 1 aromatic carbocycles. The van der Waals surface area contributed by atoms with Crippen LogP contribution in [0, 0.1) is 5.92 Å². The molecule has 94 valence electrons. The maximum absolute atomic E-state index is 9.77. The van der Waals surface area contributed by atoms with Crippen molar-refractivity contribution >= 4 is 0 Å². The number of hydrogen-bond acceptors (Lipinski definition) is 2. The van der Waals surface area contributed by atoms with E-state index in [9.17, 15) is 5.11 Å². The van der Waals surface area contributed by atoms with Crippen LogP contribution in [0.3, 0.4) is 0 Å². The van der Waals surface area contributed by atoms with Crippen LogP contribution in [0.4, 0.5) is 0 Å². The molecule has 1 atom stereocenters. The van der Waals surface area contributed by atoms with E-state index in [0.29, 0.717) is 18.4 Å². The largest absolute Gasteiger partial charge is 0.493 e. The molecule has 0 radical (unpaired) electrons. The van der Waals surface area contributed by atoms with Gasteiger partial charge in [-0.25, -0.2) is 0 Å². The first-order chi connectivity index (χ1) is 8.18. The number of benzene rings is 1. The predicted molar refractivity (Wildman–Crippen MR) is 69.4 cm³/mol. The zero-order valence-electron chi connectivity index (χ0n) is 10.7. The summed E-state index contributed by atoms with van der Waals surface area (Å²) in [6, 6.07) is 8.16. The third-order valence-electron chi connectivity index (χ3n) is 3.38. The maximum Gasteiger partial charge on any atom is 0.122 e. The summed E-state index contributed by atoms with van der Waals surface area (Å²) in [6.45, 7) is 4.95. The molecule has 1 aromatic rings. The molecule has 2 nitrogen and oxygen atoms in total. The van der Waals surface area contributed by atoms with E-state index >= 15 is 0 Å². The van der Waals surface area contributed by atoms with Gasteiger partial charge < -0.3 is 9.84 Å². The Balaban J connectivity index is 1.85. The number of para-hydroxylation sites is 1. The van der Waals surface area contributed by atoms with E-state index < -0.39 is 0 Å². The van der Waals surface area contributed by atoms with Crippen LogP contribution in [0.1, 0.15) is 44.6 Å². The highest BCUT2D eigenvalue weighted by Crippen LogP contribution is 2.34. The van der Waals surface area contributed by atoms with Crippen molar-refractivity contribution in [2.75, 3.05) is 6.61 Å². The maximum atomic E-state index is 9.77. The average Bonchev–Trinajstić information content (AvgIpc) is 3.13. The molecule has 2 heteroatoms. The van der Waals surface area contributed by atoms with Gasteiger partial charge in [0.25, 0.3) is 0 Å². The van der Waals surface area contributed by atoms with Crippen LogP contribution in [0.2, 0.25) is 0 Å². The van der Waals surface area contributed by atoms with E-state index in [1.165, 1.54) is 18.4 Å². The molecule has 2 rings (SSSR count). The molecule has 0 saturated heterocycles. The van der Waals surface area contributed by atoms with E-state index in [2.05, 4.69) is 19.9 Å². The fourth-order valence-corrected chi connectivity index (χ4v) is 2.10. The van der Waals surface area contributed by atoms with Crippen molar-refractivity contribution in [3.8, 4) is 5.75 Å². The van der Waals surface area contributed by atoms with Crippen LogP contribution in [-0.4, -0.2) is 17.8 Å². The Kier molecular flexibility index (Phi) is 4.06. The average molecular weight is 234 g/mol. The van der Waals surface area contributed by atoms with Crippen LogP contribution < -0.4 is 4.74 Å². The van der Waals surface area contributed by atoms with E-state index in [1.807, 2.05) is 18.2 Å². The van der Waals surface area contributed by atoms with Gasteiger partial charge in [0.05, 0.1) is 12.7 Å². The van der Waals surface area contributed by atoms with Gasteiger partial charge >= 0.3 is 0 Å². The summed E-state index contributed by atoms with van der Waals surface area (Å²) in [4.78, 5) is 0. The lowest BCUT2D eigenvalue weighted by molar-refractivity contribution is 0.119. The summed E-state index contributed by atoms with van der Waals surface area (Å²) >= 11 is 0. The molecule has 1 N–H and O–H groups in total. The van der Waals surface area contributed by atoms with Gasteiger partial charge in [0.2, 0.25) is 0 Å². The van der Waals surface area contributed by atoms with E-state index in [1.54, 1.807) is 0 Å². The van der Waals surface area contributed by atoms with Crippen molar-refractivity contribution in [1.29, 1.82) is 0 Å². The van der Waals surface area contributed by atoms with Crippen LogP contribution in [-0.2, 0) is 0 Å². The second-order valence-corrected chi connectivity index (χ2v) is 5.23. The molecule has 0 heterocycles. The minimum Gasteiger partial charge on any atom is -0.493 e. The van der Waals surface area contributed by atoms with Gasteiger partial charge in [-0.3, -0.25) is 0 Å². The van der Waals surface area contributed by atoms with Crippen LogP contribution in [0.5, 0.6) is 5.75 Å². The molecular formula is C15H22O2. The molecule has 0 spiro atoms. The molecule has 0 amide bonds. The molecule has 1 saturated carbocycles. The Morgan fingerprint density at radius 2 is 2.00 bits per heavy atom. The van der Waals surface area contributed by atoms with Gasteiger partial charge in [-0.2, -0.15) is 0 Å². The summed E-state index contributed by atoms with van der Waals surface area (Å²) in [5.41, 5.74) is 1.24. The highest BCUT2D eigenvalue weighted by molar-refractivity contribution is 5.35. The summed E-state index contributed by atoms with van der Waals surface area (Å²) in [7, 11) is 0. The van der Waals surface area contributed by atoms with Crippen molar-refractivity contribution in [3.05, 3.63) is 29.8 Å². The first-order valence-corrected chi connectivity index (χ1v) is 6.58. The van der Waals surface area contributed by atoms with Crippen LogP contribution in [0.25, 0.3) is 0 Å². The number of aliphatic hydroxyl groups is 1. The first-order valence-electron chi connectivity index (χ1n) is 6.58. The third-order valence-corrected chi connectivity index (χ3v) is 3.38. The Morgan fingerprint density at radius 3 is 2.65 bits per heavy atom. The van der Waals surface area contributed by atoms with E-state index in [4.69, 9.17) is 4.74 Å². The monoisotopic (exact) mass is 234 g/mol. The van der Waals surface area contributed by atoms with Crippen molar-refractivity contribution in [3.63, 3.8) is 0 Å². The van der Waals surface area contributed by atoms with Gasteiger partial charge in [-0.05, 0) is 36.3 Å². The SMILES string of the molecule is CC(C)c1ccccc1OCCC(O)C1CC1. The second kappa shape index (κ2) is 5.54. The van der Waals surface area contributed by atoms with Crippen molar-refractivity contribution in [2.24, 2.45) is 5.92 Å². The Bertz CT molecular complexity index is 356. The summed E-state index contributed by atoms with van der Waals surface area (Å²) in [6.07, 6.45) is 2.95. The number of ether oxygens (including phenoxy) is 1. The molecule has 17 heavy (non-hydrogen) atoms. The van der Waals surface area contributed by atoms with Gasteiger partial charge in [-0.1, -0.05) is 32.0 Å². The fourth-order valence-electron chi connectivity index (χ4n) is 2.10. The van der Waals surface area contributed by atoms with Crippen molar-refractivity contribution in [2.45, 2.75) is 45.1 Å². The minimum absolute atomic E-state index is 0.166. The minimum atomic E-state index is -0.166. The number of aliphatic hydroxyl groups excluding tert-OH is 1. The van der Waals surface area contributed by atoms with Gasteiger partial charge in [0, 0.05) is 6.42 Å². The highest BCUT2D eigenvalue weighted by atomic mass is 16.5. The summed E-state index contributed by atoms with van der Waals surface area (Å²) in [5.74, 6) is 1.98. The zero-order chi connectivity index (χ0) is 12.3. The van der Waals surface area contributed by atoms with Crippen molar-refractivity contribution in [1.82, 2.24) is 0 Å². The van der Waals surface area contributed by atoms with Crippen LogP contribution >= 0.6 is 0 Å². The predicted octanol–water partition coefficient (Wildman–Crippen LogP) is 3.35. The zero-order valence-corrected chi connectivity index (χ0v) is 10.7. The number of hydrogen-bond donors (Lipinski definition) is 1.